The van der Waals surface area contributed by atoms with E-state index in [0.29, 0.717) is 0 Å². The average molecular weight is 712 g/mol. The largest absolute Gasteiger partial charge is 0.621 e. The molecule has 8 nitrogen and oxygen atoms in total. The molecule has 10 heteroatoms. The standard InChI is InChI=1S/C4H4N2O4.2H3N.2Rf/c1-9-3(7)5-6-4(8)10-2;;;;/h1-2H2;2*1H3;;/q-2;;;;. The van der Waals surface area contributed by atoms with Crippen LogP contribution in [0.5, 0.6) is 0 Å². The zero-order valence-corrected chi connectivity index (χ0v) is 20.6. The van der Waals surface area contributed by atoms with Crippen LogP contribution < -0.4 is 12.3 Å². The van der Waals surface area contributed by atoms with Gasteiger partial charge in [0.1, 0.15) is 0 Å². The van der Waals surface area contributed by atoms with Crippen LogP contribution in [0.25, 0.3) is 0 Å². The van der Waals surface area contributed by atoms with Crippen molar-refractivity contribution in [1.82, 2.24) is 12.3 Å². The van der Waals surface area contributed by atoms with Crippen LogP contribution in [-0.4, -0.2) is 12.2 Å². The number of hydrogen-bond acceptors (Lipinski definition) is 6. The Morgan fingerprint density at radius 2 is 1.07 bits per heavy atom. The molecular formula is C4H10N4O4Rf2-2. The number of hydrogen-bond donors (Lipinski definition) is 2. The van der Waals surface area contributed by atoms with Gasteiger partial charge in [0.05, 0.1) is 0 Å². The molecule has 0 aliphatic heterocycles. The Bertz CT molecular complexity index is 159. The van der Waals surface area contributed by atoms with Crippen LogP contribution in [0.4, 0.5) is 9.59 Å². The minimum absolute atomic E-state index is 0. The van der Waals surface area contributed by atoms with Crippen LogP contribution in [0.1, 0.15) is 0 Å². The number of amides is 2. The summed E-state index contributed by atoms with van der Waals surface area (Å²) in [5.74, 6) is 0. The predicted octanol–water partition coefficient (Wildman–Crippen LogP) is 1.62. The molecule has 0 heterocycles. The molecule has 0 rings (SSSR count). The fourth-order valence-corrected chi connectivity index (χ4v) is 0.139. The molecule has 2 amide bonds. The van der Waals surface area contributed by atoms with Gasteiger partial charge in [-0.2, -0.15) is 14.2 Å². The molecule has 0 aromatic carbocycles. The van der Waals surface area contributed by atoms with Gasteiger partial charge in [0, 0.05) is 0 Å². The third kappa shape index (κ3) is 15.8. The maximum absolute atomic E-state index is 10.1. The van der Waals surface area contributed by atoms with E-state index < -0.39 is 12.2 Å². The van der Waals surface area contributed by atoms with E-state index >= 15 is 0 Å². The van der Waals surface area contributed by atoms with Crippen molar-refractivity contribution in [3.63, 3.8) is 0 Å². The maximum Gasteiger partial charge on any atom is 0.420 e. The Morgan fingerprint density at radius 3 is 1.21 bits per heavy atom. The van der Waals surface area contributed by atoms with Gasteiger partial charge in [-0.3, -0.25) is 0 Å². The zero-order chi connectivity index (χ0) is 7.98. The van der Waals surface area contributed by atoms with E-state index in [4.69, 9.17) is 0 Å². The minimum Gasteiger partial charge on any atom is -0.621 e. The van der Waals surface area contributed by atoms with Crippen molar-refractivity contribution < 1.29 is 19.1 Å². The monoisotopic (exact) mass is 712 g/mol. The van der Waals surface area contributed by atoms with Gasteiger partial charge >= 0.3 is 12.2 Å². The van der Waals surface area contributed by atoms with Crippen LogP contribution in [0, 0.1) is 14.2 Å². The number of ether oxygens (including phenoxy) is 2. The molecule has 0 aliphatic carbocycles. The van der Waals surface area contributed by atoms with Gasteiger partial charge in [-0.25, -0.2) is 9.59 Å². The Kier molecular flexibility index (Phi) is 36.4. The van der Waals surface area contributed by atoms with Crippen LogP contribution in [-0.2, 0) is 9.47 Å². The van der Waals surface area contributed by atoms with Gasteiger partial charge in [-0.1, -0.05) is 10.2 Å². The average Bonchev–Trinajstić information content (AvgIpc) is 1.99. The second-order valence-electron chi connectivity index (χ2n) is 1.02. The summed E-state index contributed by atoms with van der Waals surface area (Å²) in [4.78, 5) is 20.1. The summed E-state index contributed by atoms with van der Waals surface area (Å²) in [6, 6.07) is 0. The number of rotatable bonds is 0. The molecular weight excluding hydrogens is 702 g/mol. The van der Waals surface area contributed by atoms with Gasteiger partial charge < -0.3 is 21.8 Å². The van der Waals surface area contributed by atoms with Crippen molar-refractivity contribution in [3.05, 3.63) is 14.2 Å². The summed E-state index contributed by atoms with van der Waals surface area (Å²) in [6.45, 7) is 0. The van der Waals surface area contributed by atoms with Gasteiger partial charge in [-0.05, 0) is 0 Å². The number of carbonyl (C=O) groups is 2. The summed E-state index contributed by atoms with van der Waals surface area (Å²) in [7, 11) is 5.44. The summed E-state index contributed by atoms with van der Waals surface area (Å²) < 4.78 is 7.54. The Morgan fingerprint density at radius 1 is 0.857 bits per heavy atom. The molecule has 0 aromatic heterocycles. The van der Waals surface area contributed by atoms with E-state index in [1.165, 1.54) is 0 Å². The normalized spacial score (nSPS) is 6.71. The molecule has 0 bridgehead atoms. The van der Waals surface area contributed by atoms with Gasteiger partial charge in [0.15, 0.2) is 0 Å². The van der Waals surface area contributed by atoms with Crippen molar-refractivity contribution in [1.29, 1.82) is 0 Å². The van der Waals surface area contributed by atoms with Crippen molar-refractivity contribution >= 4 is 12.2 Å². The second kappa shape index (κ2) is 16.2. The Labute approximate surface area is 69.1 Å². The van der Waals surface area contributed by atoms with Crippen molar-refractivity contribution in [2.75, 3.05) is 0 Å². The van der Waals surface area contributed by atoms with Crippen molar-refractivity contribution in [3.8, 4) is 0 Å². The van der Waals surface area contributed by atoms with E-state index in [1.54, 1.807) is 0 Å². The summed E-state index contributed by atoms with van der Waals surface area (Å²) in [5.41, 5.74) is 0. The van der Waals surface area contributed by atoms with Gasteiger partial charge in [0.25, 0.3) is 0 Å². The Balaban J connectivity index is -0.0000000675. The Hall–Kier alpha value is -3.54. The fourth-order valence-electron chi connectivity index (χ4n) is 0.139. The summed E-state index contributed by atoms with van der Waals surface area (Å²) in [5, 5.41) is 5.40. The van der Waals surface area contributed by atoms with E-state index in [1.807, 2.05) is 0 Å². The summed E-state index contributed by atoms with van der Waals surface area (Å²) >= 11 is 0. The molecule has 6 N–H and O–H groups in total. The number of azo groups is 1. The number of nitrogens with zero attached hydrogens (tertiary/aromatic N) is 2. The first kappa shape index (κ1) is 31.4. The topological polar surface area (TPSA) is 147 Å². The molecule has 14 heavy (non-hydrogen) atoms. The molecule has 76 valence electrons. The first-order chi connectivity index (χ1) is 4.70. The van der Waals surface area contributed by atoms with Gasteiger partial charge in [-0.15, -0.1) is 0 Å². The smallest absolute Gasteiger partial charge is 0.420 e. The first-order valence-electron chi connectivity index (χ1n) is 2.04. The van der Waals surface area contributed by atoms with E-state index in [9.17, 15) is 9.59 Å². The molecule has 0 fully saturated rings. The third-order valence-electron chi connectivity index (χ3n) is 0.460. The molecule has 0 radical (unpaired) electrons. The molecule has 0 aromatic rings. The molecule has 0 aliphatic rings. The first-order valence-corrected chi connectivity index (χ1v) is 2.04. The van der Waals surface area contributed by atoms with Crippen molar-refractivity contribution in [2.45, 2.75) is 0 Å². The van der Waals surface area contributed by atoms with Gasteiger partial charge in [0.2, 0.25) is 0 Å². The zero-order valence-electron chi connectivity index (χ0n) is 7.77. The molecule has 0 spiro atoms. The van der Waals surface area contributed by atoms with E-state index in [2.05, 4.69) is 33.9 Å². The van der Waals surface area contributed by atoms with E-state index in [-0.39, 0.29) is 12.3 Å². The van der Waals surface area contributed by atoms with Crippen LogP contribution >= 0.6 is 0 Å². The van der Waals surface area contributed by atoms with Crippen LogP contribution in [0.3, 0.4) is 0 Å². The predicted molar refractivity (Wildman–Crippen MR) is 38.6 cm³/mol. The number of carbonyl (C=O) groups excluding carboxylic acids is 2. The van der Waals surface area contributed by atoms with Crippen LogP contribution in [0.15, 0.2) is 10.2 Å². The fraction of sp³-hybridized carbons (Fsp3) is 0. The third-order valence-corrected chi connectivity index (χ3v) is 0.460. The molecule has 0 unspecified atom stereocenters. The van der Waals surface area contributed by atoms with E-state index in [0.717, 1.165) is 0 Å². The molecule has 0 atom stereocenters. The van der Waals surface area contributed by atoms with Crippen molar-refractivity contribution in [2.24, 2.45) is 10.2 Å². The SMILES string of the molecule is N.N.[CH2-]OC(=O)N=NC(=O)O[CH2-].[Rf].[Rf]. The molecule has 0 saturated carbocycles. The quantitative estimate of drug-likeness (QED) is 0.289. The molecule has 0 saturated heterocycles. The minimum atomic E-state index is -1.08. The maximum atomic E-state index is 10.1. The summed E-state index contributed by atoms with van der Waals surface area (Å²) in [6.07, 6.45) is -2.16. The van der Waals surface area contributed by atoms with Crippen LogP contribution in [0.2, 0.25) is 0 Å². The second-order valence-corrected chi connectivity index (χ2v) is 1.02.